The smallest absolute Gasteiger partial charge is 0.304 e. The Balaban J connectivity index is 1.67. The highest BCUT2D eigenvalue weighted by atomic mass is 16.5. The maximum atomic E-state index is 13.1. The number of nitrogens with one attached hydrogen (secondary N) is 2. The van der Waals surface area contributed by atoms with Crippen molar-refractivity contribution in [1.29, 1.82) is 0 Å². The molecular formula is C29H33N4O3+. The van der Waals surface area contributed by atoms with Crippen LogP contribution in [0.2, 0.25) is 0 Å². The van der Waals surface area contributed by atoms with E-state index < -0.39 is 12.1 Å². The second-order valence-electron chi connectivity index (χ2n) is 8.81. The van der Waals surface area contributed by atoms with Crippen molar-refractivity contribution in [3.8, 4) is 5.75 Å². The largest absolute Gasteiger partial charge is 0.497 e. The second kappa shape index (κ2) is 11.1. The molecule has 186 valence electrons. The third-order valence-corrected chi connectivity index (χ3v) is 6.50. The van der Waals surface area contributed by atoms with Gasteiger partial charge in [-0.15, -0.1) is 10.1 Å². The molecule has 3 aromatic carbocycles. The Morgan fingerprint density at radius 1 is 1.00 bits per heavy atom. The molecule has 0 unspecified atom stereocenters. The molecular weight excluding hydrogens is 452 g/mol. The summed E-state index contributed by atoms with van der Waals surface area (Å²) in [4.78, 5) is 28.4. The highest BCUT2D eigenvalue weighted by molar-refractivity contribution is 5.98. The molecule has 36 heavy (non-hydrogen) atoms. The van der Waals surface area contributed by atoms with Crippen LogP contribution >= 0.6 is 0 Å². The Bertz CT molecular complexity index is 1230. The van der Waals surface area contributed by atoms with Crippen LogP contribution in [0.15, 0.2) is 72.8 Å². The molecule has 3 aromatic rings. The zero-order valence-corrected chi connectivity index (χ0v) is 21.2. The predicted octanol–water partition coefficient (Wildman–Crippen LogP) is 3.87. The molecule has 1 saturated heterocycles. The molecule has 0 radical (unpaired) electrons. The number of nitrogens with zero attached hydrogens (tertiary/aromatic N) is 2. The predicted molar refractivity (Wildman–Crippen MR) is 142 cm³/mol. The van der Waals surface area contributed by atoms with E-state index >= 15 is 0 Å². The van der Waals surface area contributed by atoms with E-state index in [4.69, 9.17) is 4.74 Å². The van der Waals surface area contributed by atoms with Crippen LogP contribution in [0.4, 0.5) is 5.69 Å². The van der Waals surface area contributed by atoms with Gasteiger partial charge in [0, 0.05) is 35.5 Å². The van der Waals surface area contributed by atoms with E-state index in [9.17, 15) is 9.59 Å². The van der Waals surface area contributed by atoms with E-state index in [0.717, 1.165) is 41.2 Å². The molecule has 7 nitrogen and oxygen atoms in total. The first kappa shape index (κ1) is 25.0. The van der Waals surface area contributed by atoms with Gasteiger partial charge in [0.15, 0.2) is 6.04 Å². The molecule has 0 aliphatic carbocycles. The van der Waals surface area contributed by atoms with Crippen LogP contribution < -0.4 is 20.4 Å². The van der Waals surface area contributed by atoms with Crippen molar-refractivity contribution >= 4 is 23.7 Å². The van der Waals surface area contributed by atoms with Gasteiger partial charge in [0.05, 0.1) is 7.11 Å². The fourth-order valence-electron chi connectivity index (χ4n) is 4.43. The highest BCUT2D eigenvalue weighted by Gasteiger charge is 2.47. The minimum Gasteiger partial charge on any atom is -0.497 e. The number of aryl methyl sites for hydroxylation is 1. The monoisotopic (exact) mass is 485 g/mol. The maximum Gasteiger partial charge on any atom is 0.304 e. The van der Waals surface area contributed by atoms with Gasteiger partial charge in [-0.05, 0) is 81.4 Å². The van der Waals surface area contributed by atoms with Crippen molar-refractivity contribution in [2.75, 3.05) is 25.1 Å². The molecule has 1 aliphatic rings. The number of carbonyl (C=O) groups excluding carboxylic acids is 2. The van der Waals surface area contributed by atoms with E-state index in [1.807, 2.05) is 61.7 Å². The number of amides is 2. The summed E-state index contributed by atoms with van der Waals surface area (Å²) in [5, 5.41) is 2.95. The van der Waals surface area contributed by atoms with Crippen LogP contribution in [-0.2, 0) is 4.79 Å². The third-order valence-electron chi connectivity index (χ3n) is 6.50. The fraction of sp³-hybridized carbons (Fsp3) is 0.276. The van der Waals surface area contributed by atoms with Gasteiger partial charge in [0.2, 0.25) is 12.3 Å². The first-order chi connectivity index (χ1) is 17.4. The normalized spacial score (nSPS) is 18.1. The second-order valence-corrected chi connectivity index (χ2v) is 8.81. The number of anilines is 1. The fourth-order valence-corrected chi connectivity index (χ4v) is 4.43. The Morgan fingerprint density at radius 2 is 1.64 bits per heavy atom. The highest BCUT2D eigenvalue weighted by Crippen LogP contribution is 2.27. The van der Waals surface area contributed by atoms with Crippen LogP contribution in [0.5, 0.6) is 5.75 Å². The summed E-state index contributed by atoms with van der Waals surface area (Å²) >= 11 is 0. The van der Waals surface area contributed by atoms with Crippen molar-refractivity contribution in [1.82, 2.24) is 10.7 Å². The summed E-state index contributed by atoms with van der Waals surface area (Å²) in [6.45, 7) is 8.10. The maximum absolute atomic E-state index is 13.1. The molecule has 0 bridgehead atoms. The molecule has 4 rings (SSSR count). The third kappa shape index (κ3) is 5.40. The van der Waals surface area contributed by atoms with Gasteiger partial charge in [-0.2, -0.15) is 0 Å². The molecule has 0 aromatic heterocycles. The van der Waals surface area contributed by atoms with Crippen molar-refractivity contribution in [2.45, 2.75) is 32.9 Å². The quantitative estimate of drug-likeness (QED) is 0.475. The van der Waals surface area contributed by atoms with Crippen LogP contribution in [0.25, 0.3) is 0 Å². The number of hydrazine groups is 1. The number of hydrogen-bond donors (Lipinski definition) is 2. The minimum absolute atomic E-state index is 0.271. The summed E-state index contributed by atoms with van der Waals surface area (Å²) in [6.07, 6.45) is 1.90. The van der Waals surface area contributed by atoms with Gasteiger partial charge >= 0.3 is 5.91 Å². The SMILES string of the molecule is CCN(CC)c1ccc(/C=[N+]2\NC(=O)[C@H](NC(=O)c3ccc(C)cc3)[C@H]2c2ccc(OC)cc2)cc1. The number of benzene rings is 3. The zero-order valence-electron chi connectivity index (χ0n) is 21.2. The lowest BCUT2D eigenvalue weighted by Gasteiger charge is -2.20. The molecule has 1 aliphatic heterocycles. The van der Waals surface area contributed by atoms with E-state index in [1.165, 1.54) is 0 Å². The lowest BCUT2D eigenvalue weighted by atomic mass is 9.99. The van der Waals surface area contributed by atoms with Gasteiger partial charge in [-0.1, -0.05) is 17.7 Å². The Morgan fingerprint density at radius 3 is 2.22 bits per heavy atom. The number of methoxy groups -OCH3 is 1. The first-order valence-electron chi connectivity index (χ1n) is 12.2. The number of hydrogen-bond acceptors (Lipinski definition) is 4. The Kier molecular flexibility index (Phi) is 7.68. The van der Waals surface area contributed by atoms with Gasteiger partial charge in [0.1, 0.15) is 5.75 Å². The standard InChI is InChI=1S/C29H32N4O3/c1-5-32(6-2)24-15-9-21(10-16-24)19-33-27(22-13-17-25(36-4)18-14-22)26(29(35)31-33)30-28(34)23-11-7-20(3)8-12-23/h7-19,26-27H,5-6H2,1-4H3,(H-,30,31,34,35)/p+1/t26-,27-/m1/s1. The minimum atomic E-state index is -0.779. The number of carbonyl (C=O) groups is 2. The summed E-state index contributed by atoms with van der Waals surface area (Å²) in [5.74, 6) is 0.158. The molecule has 2 atom stereocenters. The van der Waals surface area contributed by atoms with Crippen molar-refractivity contribution in [2.24, 2.45) is 0 Å². The van der Waals surface area contributed by atoms with Crippen molar-refractivity contribution in [3.63, 3.8) is 0 Å². The van der Waals surface area contributed by atoms with Gasteiger partial charge in [0.25, 0.3) is 5.91 Å². The van der Waals surface area contributed by atoms with Gasteiger partial charge < -0.3 is 15.0 Å². The van der Waals surface area contributed by atoms with Crippen LogP contribution in [0.3, 0.4) is 0 Å². The van der Waals surface area contributed by atoms with E-state index in [0.29, 0.717) is 5.56 Å². The number of hydrazone groups is 1. The summed E-state index contributed by atoms with van der Waals surface area (Å²) in [7, 11) is 1.61. The molecule has 2 N–H and O–H groups in total. The summed E-state index contributed by atoms with van der Waals surface area (Å²) < 4.78 is 7.08. The number of rotatable bonds is 8. The first-order valence-corrected chi connectivity index (χ1v) is 12.2. The lowest BCUT2D eigenvalue weighted by molar-refractivity contribution is -0.596. The Hall–Kier alpha value is -4.13. The van der Waals surface area contributed by atoms with E-state index in [-0.39, 0.29) is 11.8 Å². The molecule has 1 heterocycles. The van der Waals surface area contributed by atoms with Crippen LogP contribution in [0, 0.1) is 6.92 Å². The van der Waals surface area contributed by atoms with Crippen molar-refractivity contribution in [3.05, 3.63) is 95.1 Å². The Labute approximate surface area is 212 Å². The molecule has 1 fully saturated rings. The summed E-state index contributed by atoms with van der Waals surface area (Å²) in [5.41, 5.74) is 7.48. The van der Waals surface area contributed by atoms with E-state index in [1.54, 1.807) is 23.9 Å². The lowest BCUT2D eigenvalue weighted by Crippen LogP contribution is -2.42. The average molecular weight is 486 g/mol. The van der Waals surface area contributed by atoms with E-state index in [2.05, 4.69) is 41.6 Å². The number of ether oxygens (including phenoxy) is 1. The zero-order chi connectivity index (χ0) is 25.7. The molecule has 2 amide bonds. The molecule has 0 saturated carbocycles. The van der Waals surface area contributed by atoms with Gasteiger partial charge in [-0.25, -0.2) is 0 Å². The van der Waals surface area contributed by atoms with Crippen LogP contribution in [-0.4, -0.2) is 49.0 Å². The molecule has 7 heteroatoms. The van der Waals surface area contributed by atoms with Crippen LogP contribution in [0.1, 0.15) is 46.9 Å². The summed E-state index contributed by atoms with van der Waals surface area (Å²) in [6, 6.07) is 21.8. The molecule has 0 spiro atoms. The van der Waals surface area contributed by atoms with Gasteiger partial charge in [-0.3, -0.25) is 9.59 Å². The average Bonchev–Trinajstić information content (AvgIpc) is 3.20. The van der Waals surface area contributed by atoms with Crippen molar-refractivity contribution < 1.29 is 19.0 Å². The topological polar surface area (TPSA) is 73.7 Å².